The Labute approximate surface area is 89.0 Å². The summed E-state index contributed by atoms with van der Waals surface area (Å²) in [6, 6.07) is 12.2. The molecule has 0 unspecified atom stereocenters. The number of rotatable bonds is 3. The van der Waals surface area contributed by atoms with Gasteiger partial charge in [-0.25, -0.2) is 0 Å². The minimum atomic E-state index is 0.00261. The van der Waals surface area contributed by atoms with Gasteiger partial charge in [0.2, 0.25) is 0 Å². The predicted octanol–water partition coefficient (Wildman–Crippen LogP) is 1.50. The van der Waals surface area contributed by atoms with Crippen LogP contribution in [-0.4, -0.2) is 14.9 Å². The summed E-state index contributed by atoms with van der Waals surface area (Å²) >= 11 is 0. The molecule has 3 heteroatoms. The summed E-state index contributed by atoms with van der Waals surface area (Å²) < 4.78 is 1.82. The first-order valence-corrected chi connectivity index (χ1v) is 4.96. The number of nitrogens with zero attached hydrogens (tertiary/aromatic N) is 2. The second-order valence-electron chi connectivity index (χ2n) is 3.57. The lowest BCUT2D eigenvalue weighted by Gasteiger charge is -2.01. The fraction of sp³-hybridized carbons (Fsp3) is 0.250. The van der Waals surface area contributed by atoms with Crippen molar-refractivity contribution < 1.29 is 5.11 Å². The molecule has 3 nitrogen and oxygen atoms in total. The van der Waals surface area contributed by atoms with Gasteiger partial charge in [-0.2, -0.15) is 5.10 Å². The number of aryl methyl sites for hydroxylation is 1. The van der Waals surface area contributed by atoms with Gasteiger partial charge < -0.3 is 5.11 Å². The second kappa shape index (κ2) is 4.28. The summed E-state index contributed by atoms with van der Waals surface area (Å²) in [5.74, 6) is 0. The van der Waals surface area contributed by atoms with Crippen LogP contribution in [0.25, 0.3) is 0 Å². The van der Waals surface area contributed by atoms with E-state index in [2.05, 4.69) is 17.2 Å². The molecule has 0 spiro atoms. The van der Waals surface area contributed by atoms with Crippen molar-refractivity contribution in [1.29, 1.82) is 0 Å². The zero-order valence-electron chi connectivity index (χ0n) is 8.72. The molecule has 0 bridgehead atoms. The van der Waals surface area contributed by atoms with E-state index in [4.69, 9.17) is 5.11 Å². The molecule has 2 rings (SSSR count). The lowest BCUT2D eigenvalue weighted by molar-refractivity contribution is 0.275. The number of hydrogen-bond donors (Lipinski definition) is 1. The maximum Gasteiger partial charge on any atom is 0.0881 e. The van der Waals surface area contributed by atoms with Crippen molar-refractivity contribution in [3.8, 4) is 0 Å². The van der Waals surface area contributed by atoms with E-state index in [-0.39, 0.29) is 6.61 Å². The van der Waals surface area contributed by atoms with Gasteiger partial charge in [-0.1, -0.05) is 30.3 Å². The lowest BCUT2D eigenvalue weighted by Crippen LogP contribution is -1.99. The number of aromatic nitrogens is 2. The molecule has 0 saturated heterocycles. The average Bonchev–Trinajstić information content (AvgIpc) is 2.61. The summed E-state index contributed by atoms with van der Waals surface area (Å²) in [5, 5.41) is 13.2. The van der Waals surface area contributed by atoms with Gasteiger partial charge in [0.25, 0.3) is 0 Å². The molecule has 0 saturated carbocycles. The average molecular weight is 202 g/mol. The van der Waals surface area contributed by atoms with Crippen molar-refractivity contribution >= 4 is 0 Å². The van der Waals surface area contributed by atoms with E-state index < -0.39 is 0 Å². The van der Waals surface area contributed by atoms with E-state index in [1.807, 2.05) is 36.0 Å². The number of benzene rings is 1. The largest absolute Gasteiger partial charge is 0.390 e. The Hall–Kier alpha value is -1.61. The molecule has 0 aliphatic rings. The maximum absolute atomic E-state index is 8.97. The summed E-state index contributed by atoms with van der Waals surface area (Å²) in [5.41, 5.74) is 3.10. The molecule has 1 aromatic heterocycles. The minimum absolute atomic E-state index is 0.00261. The molecule has 1 heterocycles. The predicted molar refractivity (Wildman–Crippen MR) is 58.4 cm³/mol. The third kappa shape index (κ3) is 2.25. The molecule has 0 atom stereocenters. The van der Waals surface area contributed by atoms with Crippen LogP contribution in [0.4, 0.5) is 0 Å². The van der Waals surface area contributed by atoms with Crippen LogP contribution in [-0.2, 0) is 20.1 Å². The van der Waals surface area contributed by atoms with Crippen molar-refractivity contribution in [2.45, 2.75) is 13.0 Å². The van der Waals surface area contributed by atoms with Gasteiger partial charge in [0.1, 0.15) is 0 Å². The standard InChI is InChI=1S/C12H14N2O/c1-14-12(8-11(9-15)13-14)7-10-5-3-2-4-6-10/h2-6,8,15H,7,9H2,1H3. The Morgan fingerprint density at radius 1 is 1.27 bits per heavy atom. The Balaban J connectivity index is 2.21. The van der Waals surface area contributed by atoms with Gasteiger partial charge in [-0.05, 0) is 11.6 Å². The fourth-order valence-corrected chi connectivity index (χ4v) is 1.62. The highest BCUT2D eigenvalue weighted by molar-refractivity contribution is 5.22. The lowest BCUT2D eigenvalue weighted by atomic mass is 10.1. The second-order valence-corrected chi connectivity index (χ2v) is 3.57. The quantitative estimate of drug-likeness (QED) is 0.819. The highest BCUT2D eigenvalue weighted by atomic mass is 16.3. The third-order valence-electron chi connectivity index (χ3n) is 2.42. The SMILES string of the molecule is Cn1nc(CO)cc1Cc1ccccc1. The molecule has 1 aromatic carbocycles. The van der Waals surface area contributed by atoms with Crippen LogP contribution < -0.4 is 0 Å². The molecular formula is C12H14N2O. The molecule has 78 valence electrons. The van der Waals surface area contributed by atoms with Crippen LogP contribution >= 0.6 is 0 Å². The molecule has 2 aromatic rings. The van der Waals surface area contributed by atoms with Crippen LogP contribution in [0.5, 0.6) is 0 Å². The van der Waals surface area contributed by atoms with Crippen molar-refractivity contribution in [3.63, 3.8) is 0 Å². The summed E-state index contributed by atoms with van der Waals surface area (Å²) in [4.78, 5) is 0. The van der Waals surface area contributed by atoms with E-state index in [9.17, 15) is 0 Å². The van der Waals surface area contributed by atoms with Gasteiger partial charge in [-0.15, -0.1) is 0 Å². The molecule has 0 radical (unpaired) electrons. The first-order valence-electron chi connectivity index (χ1n) is 4.96. The van der Waals surface area contributed by atoms with E-state index >= 15 is 0 Å². The monoisotopic (exact) mass is 202 g/mol. The van der Waals surface area contributed by atoms with E-state index in [0.29, 0.717) is 0 Å². The Kier molecular flexibility index (Phi) is 2.83. The van der Waals surface area contributed by atoms with Crippen molar-refractivity contribution in [3.05, 3.63) is 53.3 Å². The molecule has 1 N–H and O–H groups in total. The molecule has 15 heavy (non-hydrogen) atoms. The normalized spacial score (nSPS) is 10.5. The van der Waals surface area contributed by atoms with Crippen LogP contribution in [0, 0.1) is 0 Å². The van der Waals surface area contributed by atoms with Crippen molar-refractivity contribution in [2.75, 3.05) is 0 Å². The van der Waals surface area contributed by atoms with Crippen LogP contribution in [0.3, 0.4) is 0 Å². The molecule has 0 fully saturated rings. The van der Waals surface area contributed by atoms with E-state index in [0.717, 1.165) is 17.8 Å². The van der Waals surface area contributed by atoms with E-state index in [1.165, 1.54) is 5.56 Å². The summed E-state index contributed by atoms with van der Waals surface area (Å²) in [6.07, 6.45) is 0.852. The van der Waals surface area contributed by atoms with Crippen LogP contribution in [0.1, 0.15) is 17.0 Å². The Morgan fingerprint density at radius 2 is 2.00 bits per heavy atom. The highest BCUT2D eigenvalue weighted by Gasteiger charge is 2.04. The molecule has 0 aliphatic carbocycles. The molecular weight excluding hydrogens is 188 g/mol. The van der Waals surface area contributed by atoms with Crippen molar-refractivity contribution in [1.82, 2.24) is 9.78 Å². The zero-order valence-corrected chi connectivity index (χ0v) is 8.72. The topological polar surface area (TPSA) is 38.0 Å². The minimum Gasteiger partial charge on any atom is -0.390 e. The highest BCUT2D eigenvalue weighted by Crippen LogP contribution is 2.10. The zero-order chi connectivity index (χ0) is 10.7. The Morgan fingerprint density at radius 3 is 2.60 bits per heavy atom. The Bertz CT molecular complexity index is 434. The maximum atomic E-state index is 8.97. The fourth-order valence-electron chi connectivity index (χ4n) is 1.62. The number of aliphatic hydroxyl groups excluding tert-OH is 1. The van der Waals surface area contributed by atoms with Crippen LogP contribution in [0.15, 0.2) is 36.4 Å². The summed E-state index contributed by atoms with van der Waals surface area (Å²) in [6.45, 7) is 0.00261. The number of hydrogen-bond acceptors (Lipinski definition) is 2. The first-order chi connectivity index (χ1) is 7.29. The molecule has 0 aliphatic heterocycles. The first kappa shape index (κ1) is 9.93. The summed E-state index contributed by atoms with van der Waals surface area (Å²) in [7, 11) is 1.90. The van der Waals surface area contributed by atoms with Gasteiger partial charge in [-0.3, -0.25) is 4.68 Å². The van der Waals surface area contributed by atoms with Gasteiger partial charge in [0, 0.05) is 19.2 Å². The van der Waals surface area contributed by atoms with Gasteiger partial charge in [0.05, 0.1) is 12.3 Å². The van der Waals surface area contributed by atoms with E-state index in [1.54, 1.807) is 0 Å². The van der Waals surface area contributed by atoms with Gasteiger partial charge >= 0.3 is 0 Å². The van der Waals surface area contributed by atoms with Crippen molar-refractivity contribution in [2.24, 2.45) is 7.05 Å². The third-order valence-corrected chi connectivity index (χ3v) is 2.42. The van der Waals surface area contributed by atoms with Gasteiger partial charge in [0.15, 0.2) is 0 Å². The smallest absolute Gasteiger partial charge is 0.0881 e. The molecule has 0 amide bonds. The number of aliphatic hydroxyl groups is 1. The van der Waals surface area contributed by atoms with Crippen LogP contribution in [0.2, 0.25) is 0 Å².